The lowest BCUT2D eigenvalue weighted by Crippen LogP contribution is -2.35. The predicted octanol–water partition coefficient (Wildman–Crippen LogP) is 4.58. The number of carbonyl (C=O) groups is 1. The van der Waals surface area contributed by atoms with Gasteiger partial charge in [0, 0.05) is 25.7 Å². The summed E-state index contributed by atoms with van der Waals surface area (Å²) in [6.07, 6.45) is 0.905. The molecule has 0 radical (unpaired) electrons. The molecule has 0 spiro atoms. The van der Waals surface area contributed by atoms with Crippen molar-refractivity contribution in [3.05, 3.63) is 60.0 Å². The molecule has 124 valence electrons. The summed E-state index contributed by atoms with van der Waals surface area (Å²) in [5.74, 6) is 0.616. The Bertz CT molecular complexity index is 827. The highest BCUT2D eigenvalue weighted by Crippen LogP contribution is 2.20. The summed E-state index contributed by atoms with van der Waals surface area (Å²) < 4.78 is 5.46. The number of nitrogens with zero attached hydrogens (tertiary/aromatic N) is 2. The van der Waals surface area contributed by atoms with Crippen LogP contribution in [-0.2, 0) is 6.54 Å². The van der Waals surface area contributed by atoms with Crippen LogP contribution in [-0.4, -0.2) is 22.5 Å². The molecule has 0 aliphatic heterocycles. The number of amides is 2. The van der Waals surface area contributed by atoms with Crippen LogP contribution in [0.15, 0.2) is 52.9 Å². The molecule has 1 aromatic heterocycles. The first-order valence-corrected chi connectivity index (χ1v) is 8.13. The molecule has 24 heavy (non-hydrogen) atoms. The van der Waals surface area contributed by atoms with E-state index in [-0.39, 0.29) is 6.03 Å². The number of aryl methyl sites for hydroxylation is 1. The van der Waals surface area contributed by atoms with Crippen LogP contribution in [0.25, 0.3) is 11.1 Å². The third-order valence-electron chi connectivity index (χ3n) is 3.74. The Hall–Kier alpha value is -2.82. The molecule has 5 nitrogen and oxygen atoms in total. The van der Waals surface area contributed by atoms with Gasteiger partial charge in [0.15, 0.2) is 11.5 Å². The molecular formula is C19H21N3O2. The molecule has 0 atom stereocenters. The molecule has 1 N–H and O–H groups in total. The van der Waals surface area contributed by atoms with Crippen molar-refractivity contribution in [1.82, 2.24) is 9.88 Å². The topological polar surface area (TPSA) is 58.4 Å². The Kier molecular flexibility index (Phi) is 4.79. The van der Waals surface area contributed by atoms with Gasteiger partial charge in [-0.05, 0) is 30.2 Å². The fraction of sp³-hybridized carbons (Fsp3) is 0.263. The zero-order valence-electron chi connectivity index (χ0n) is 14.0. The standard InChI is InChI=1S/C19H21N3O2/c1-3-11-22(13-15-7-5-4-6-8-15)19(23)21-16-9-10-18-17(12-16)20-14(2)24-18/h4-10,12H,3,11,13H2,1-2H3,(H,21,23). The number of benzene rings is 2. The molecule has 3 rings (SSSR count). The monoisotopic (exact) mass is 323 g/mol. The van der Waals surface area contributed by atoms with Gasteiger partial charge in [0.05, 0.1) is 0 Å². The summed E-state index contributed by atoms with van der Waals surface area (Å²) in [6, 6.07) is 15.4. The van der Waals surface area contributed by atoms with Crippen molar-refractivity contribution >= 4 is 22.8 Å². The van der Waals surface area contributed by atoms with Gasteiger partial charge in [0.2, 0.25) is 0 Å². The van der Waals surface area contributed by atoms with Crippen LogP contribution < -0.4 is 5.32 Å². The van der Waals surface area contributed by atoms with Gasteiger partial charge < -0.3 is 14.6 Å². The fourth-order valence-corrected chi connectivity index (χ4v) is 2.65. The van der Waals surface area contributed by atoms with Crippen LogP contribution in [0.4, 0.5) is 10.5 Å². The largest absolute Gasteiger partial charge is 0.441 e. The number of aromatic nitrogens is 1. The quantitative estimate of drug-likeness (QED) is 0.747. The van der Waals surface area contributed by atoms with Gasteiger partial charge in [-0.15, -0.1) is 0 Å². The van der Waals surface area contributed by atoms with Crippen molar-refractivity contribution in [3.8, 4) is 0 Å². The SMILES string of the molecule is CCCN(Cc1ccccc1)C(=O)Nc1ccc2oc(C)nc2c1. The van der Waals surface area contributed by atoms with Crippen molar-refractivity contribution in [2.75, 3.05) is 11.9 Å². The normalized spacial score (nSPS) is 10.8. The molecule has 5 heteroatoms. The number of rotatable bonds is 5. The molecule has 2 aromatic carbocycles. The van der Waals surface area contributed by atoms with E-state index in [1.807, 2.05) is 53.4 Å². The Balaban J connectivity index is 1.73. The molecule has 2 amide bonds. The highest BCUT2D eigenvalue weighted by atomic mass is 16.3. The molecule has 0 bridgehead atoms. The first-order valence-electron chi connectivity index (χ1n) is 8.13. The maximum absolute atomic E-state index is 12.6. The molecular weight excluding hydrogens is 302 g/mol. The van der Waals surface area contributed by atoms with Crippen LogP contribution in [0.5, 0.6) is 0 Å². The van der Waals surface area contributed by atoms with Crippen LogP contribution in [0.2, 0.25) is 0 Å². The Morgan fingerprint density at radius 2 is 2.00 bits per heavy atom. The van der Waals surface area contributed by atoms with E-state index in [2.05, 4.69) is 17.2 Å². The average Bonchev–Trinajstić information content (AvgIpc) is 2.94. The van der Waals surface area contributed by atoms with Crippen LogP contribution >= 0.6 is 0 Å². The van der Waals surface area contributed by atoms with E-state index >= 15 is 0 Å². The summed E-state index contributed by atoms with van der Waals surface area (Å²) >= 11 is 0. The van der Waals surface area contributed by atoms with E-state index in [1.165, 1.54) is 0 Å². The summed E-state index contributed by atoms with van der Waals surface area (Å²) in [5.41, 5.74) is 3.30. The highest BCUT2D eigenvalue weighted by molar-refractivity contribution is 5.91. The van der Waals surface area contributed by atoms with Crippen LogP contribution in [0, 0.1) is 6.92 Å². The van der Waals surface area contributed by atoms with Crippen molar-refractivity contribution in [3.63, 3.8) is 0 Å². The van der Waals surface area contributed by atoms with Gasteiger partial charge >= 0.3 is 6.03 Å². The molecule has 0 saturated heterocycles. The minimum atomic E-state index is -0.111. The van der Waals surface area contributed by atoms with E-state index in [9.17, 15) is 4.79 Å². The molecule has 0 aliphatic rings. The van der Waals surface area contributed by atoms with E-state index in [4.69, 9.17) is 4.42 Å². The van der Waals surface area contributed by atoms with Crippen molar-refractivity contribution in [2.24, 2.45) is 0 Å². The first-order chi connectivity index (χ1) is 11.7. The van der Waals surface area contributed by atoms with Gasteiger partial charge in [-0.1, -0.05) is 37.3 Å². The van der Waals surface area contributed by atoms with E-state index < -0.39 is 0 Å². The van der Waals surface area contributed by atoms with Gasteiger partial charge in [-0.3, -0.25) is 0 Å². The van der Waals surface area contributed by atoms with Gasteiger partial charge in [-0.25, -0.2) is 9.78 Å². The van der Waals surface area contributed by atoms with Crippen molar-refractivity contribution < 1.29 is 9.21 Å². The van der Waals surface area contributed by atoms with Gasteiger partial charge in [0.1, 0.15) is 5.52 Å². The second-order valence-corrected chi connectivity index (χ2v) is 5.75. The van der Waals surface area contributed by atoms with Crippen LogP contribution in [0.3, 0.4) is 0 Å². The minimum Gasteiger partial charge on any atom is -0.441 e. The first kappa shape index (κ1) is 16.1. The third kappa shape index (κ3) is 3.74. The Labute approximate surface area is 141 Å². The average molecular weight is 323 g/mol. The number of urea groups is 1. The number of anilines is 1. The summed E-state index contributed by atoms with van der Waals surface area (Å²) in [4.78, 5) is 18.7. The highest BCUT2D eigenvalue weighted by Gasteiger charge is 2.14. The Morgan fingerprint density at radius 3 is 2.75 bits per heavy atom. The second kappa shape index (κ2) is 7.17. The number of carbonyl (C=O) groups excluding carboxylic acids is 1. The lowest BCUT2D eigenvalue weighted by atomic mass is 10.2. The molecule has 3 aromatic rings. The third-order valence-corrected chi connectivity index (χ3v) is 3.74. The smallest absolute Gasteiger partial charge is 0.322 e. The van der Waals surface area contributed by atoms with E-state index in [0.29, 0.717) is 19.0 Å². The molecule has 0 unspecified atom stereocenters. The predicted molar refractivity (Wildman–Crippen MR) is 94.9 cm³/mol. The van der Waals surface area contributed by atoms with E-state index in [1.54, 1.807) is 6.92 Å². The summed E-state index contributed by atoms with van der Waals surface area (Å²) in [6.45, 7) is 5.16. The number of hydrogen-bond donors (Lipinski definition) is 1. The van der Waals surface area contributed by atoms with Gasteiger partial charge in [0.25, 0.3) is 0 Å². The number of oxazole rings is 1. The van der Waals surface area contributed by atoms with Crippen molar-refractivity contribution in [1.29, 1.82) is 0 Å². The summed E-state index contributed by atoms with van der Waals surface area (Å²) in [5, 5.41) is 2.95. The maximum Gasteiger partial charge on any atom is 0.322 e. The number of hydrogen-bond acceptors (Lipinski definition) is 3. The summed E-state index contributed by atoms with van der Waals surface area (Å²) in [7, 11) is 0. The molecule has 0 fully saturated rings. The molecule has 1 heterocycles. The number of fused-ring (bicyclic) bond motifs is 1. The molecule has 0 saturated carbocycles. The van der Waals surface area contributed by atoms with Crippen LogP contribution in [0.1, 0.15) is 24.8 Å². The zero-order chi connectivity index (χ0) is 16.9. The Morgan fingerprint density at radius 1 is 1.21 bits per heavy atom. The number of nitrogens with one attached hydrogen (secondary N) is 1. The lowest BCUT2D eigenvalue weighted by Gasteiger charge is -2.22. The fourth-order valence-electron chi connectivity index (χ4n) is 2.65. The lowest BCUT2D eigenvalue weighted by molar-refractivity contribution is 0.209. The van der Waals surface area contributed by atoms with Gasteiger partial charge in [-0.2, -0.15) is 0 Å². The van der Waals surface area contributed by atoms with Crippen molar-refractivity contribution in [2.45, 2.75) is 26.8 Å². The maximum atomic E-state index is 12.6. The molecule has 0 aliphatic carbocycles. The zero-order valence-corrected chi connectivity index (χ0v) is 14.0. The van der Waals surface area contributed by atoms with E-state index in [0.717, 1.165) is 28.8 Å². The minimum absolute atomic E-state index is 0.111. The second-order valence-electron chi connectivity index (χ2n) is 5.75.